The molecule has 2 aromatic carbocycles. The number of rotatable bonds is 10. The van der Waals surface area contributed by atoms with Crippen molar-refractivity contribution in [2.75, 3.05) is 32.0 Å². The van der Waals surface area contributed by atoms with Crippen LogP contribution < -0.4 is 24.8 Å². The number of carbonyl (C=O) groups excluding carboxylic acids is 1. The number of benzene rings is 2. The number of ketones is 1. The highest BCUT2D eigenvalue weighted by atomic mass is 16.5. The first-order chi connectivity index (χ1) is 18.0. The highest BCUT2D eigenvalue weighted by molar-refractivity contribution is 6.10. The topological polar surface area (TPSA) is 115 Å². The van der Waals surface area contributed by atoms with Crippen LogP contribution in [-0.4, -0.2) is 42.2 Å². The molecule has 0 atom stereocenters. The molecule has 0 saturated heterocycles. The summed E-state index contributed by atoms with van der Waals surface area (Å²) in [6.45, 7) is 0. The number of hydrogen-bond acceptors (Lipinski definition) is 9. The van der Waals surface area contributed by atoms with Gasteiger partial charge in [-0.1, -0.05) is 0 Å². The van der Waals surface area contributed by atoms with Crippen LogP contribution in [0.4, 0.5) is 23.0 Å². The van der Waals surface area contributed by atoms with Gasteiger partial charge in [0, 0.05) is 41.5 Å². The van der Waals surface area contributed by atoms with Crippen LogP contribution in [0.25, 0.3) is 6.08 Å². The van der Waals surface area contributed by atoms with Gasteiger partial charge in [0.2, 0.25) is 5.75 Å². The summed E-state index contributed by atoms with van der Waals surface area (Å²) in [6, 6.07) is 17.1. The van der Waals surface area contributed by atoms with Gasteiger partial charge in [0.25, 0.3) is 0 Å². The Labute approximate surface area is 214 Å². The molecule has 188 valence electrons. The SMILES string of the molecule is COc1cc(Nc2ncccc2/C=C/C(=O)c2cccnc2Nc2ccc(O)cc2)cc(OC)c1OC. The maximum Gasteiger partial charge on any atom is 0.203 e. The van der Waals surface area contributed by atoms with E-state index in [4.69, 9.17) is 14.2 Å². The number of ether oxygens (including phenoxy) is 3. The minimum atomic E-state index is -0.239. The Hall–Kier alpha value is -5.05. The Balaban J connectivity index is 1.57. The quantitative estimate of drug-likeness (QED) is 0.146. The molecule has 0 fully saturated rings. The molecule has 4 rings (SSSR count). The van der Waals surface area contributed by atoms with Crippen molar-refractivity contribution in [2.45, 2.75) is 0 Å². The zero-order valence-electron chi connectivity index (χ0n) is 20.6. The summed E-state index contributed by atoms with van der Waals surface area (Å²) < 4.78 is 16.2. The van der Waals surface area contributed by atoms with Crippen LogP contribution in [0.1, 0.15) is 15.9 Å². The number of aromatic nitrogens is 2. The summed E-state index contributed by atoms with van der Waals surface area (Å²) in [5.41, 5.74) is 2.46. The third-order valence-corrected chi connectivity index (χ3v) is 5.38. The van der Waals surface area contributed by atoms with Crippen LogP contribution in [0, 0.1) is 0 Å². The fourth-order valence-corrected chi connectivity index (χ4v) is 3.59. The first-order valence-corrected chi connectivity index (χ1v) is 11.3. The molecule has 0 radical (unpaired) electrons. The van der Waals surface area contributed by atoms with Crippen molar-refractivity contribution in [1.29, 1.82) is 0 Å². The number of phenolic OH excluding ortho intramolecular Hbond substituents is 1. The summed E-state index contributed by atoms with van der Waals surface area (Å²) in [4.78, 5) is 21.8. The van der Waals surface area contributed by atoms with Gasteiger partial charge in [-0.05, 0) is 60.7 Å². The molecular formula is C28H26N4O5. The Morgan fingerprint density at radius 3 is 2.08 bits per heavy atom. The standard InChI is InChI=1S/C28H26N4O5/c1-35-24-16-20(17-25(36-2)26(24)37-3)32-27-18(6-4-14-29-27)8-13-23(34)22-7-5-15-30-28(22)31-19-9-11-21(33)12-10-19/h4-17,33H,1-3H3,(H,29,32)(H,30,31)/b13-8+. The molecule has 0 bridgehead atoms. The summed E-state index contributed by atoms with van der Waals surface area (Å²) in [7, 11) is 4.63. The van der Waals surface area contributed by atoms with Gasteiger partial charge in [0.1, 0.15) is 17.4 Å². The minimum Gasteiger partial charge on any atom is -0.508 e. The van der Waals surface area contributed by atoms with E-state index in [2.05, 4.69) is 20.6 Å². The molecule has 0 aliphatic heterocycles. The van der Waals surface area contributed by atoms with E-state index in [0.29, 0.717) is 51.4 Å². The summed E-state index contributed by atoms with van der Waals surface area (Å²) in [5.74, 6) is 2.33. The predicted molar refractivity (Wildman–Crippen MR) is 143 cm³/mol. The normalized spacial score (nSPS) is 10.7. The van der Waals surface area contributed by atoms with Crippen molar-refractivity contribution < 1.29 is 24.1 Å². The number of nitrogens with zero attached hydrogens (tertiary/aromatic N) is 2. The van der Waals surface area contributed by atoms with E-state index < -0.39 is 0 Å². The molecule has 0 spiro atoms. The molecule has 9 heteroatoms. The van der Waals surface area contributed by atoms with E-state index in [0.717, 1.165) is 0 Å². The summed E-state index contributed by atoms with van der Waals surface area (Å²) >= 11 is 0. The van der Waals surface area contributed by atoms with Gasteiger partial charge >= 0.3 is 0 Å². The van der Waals surface area contributed by atoms with Gasteiger partial charge in [-0.3, -0.25) is 4.79 Å². The number of carbonyl (C=O) groups is 1. The number of methoxy groups -OCH3 is 3. The van der Waals surface area contributed by atoms with Crippen LogP contribution >= 0.6 is 0 Å². The first kappa shape index (κ1) is 25.1. The van der Waals surface area contributed by atoms with E-state index in [1.54, 1.807) is 94.4 Å². The monoisotopic (exact) mass is 498 g/mol. The van der Waals surface area contributed by atoms with Gasteiger partial charge in [-0.15, -0.1) is 0 Å². The Bertz CT molecular complexity index is 1400. The van der Waals surface area contributed by atoms with Gasteiger partial charge in [0.05, 0.1) is 26.9 Å². The number of nitrogens with one attached hydrogen (secondary N) is 2. The van der Waals surface area contributed by atoms with Crippen molar-refractivity contribution in [2.24, 2.45) is 0 Å². The number of phenols is 1. The molecule has 0 aliphatic rings. The zero-order chi connectivity index (χ0) is 26.2. The average Bonchev–Trinajstić information content (AvgIpc) is 2.93. The summed E-state index contributed by atoms with van der Waals surface area (Å²) in [6.07, 6.45) is 6.41. The molecule has 2 aromatic heterocycles. The second-order valence-corrected chi connectivity index (χ2v) is 7.75. The lowest BCUT2D eigenvalue weighted by atomic mass is 10.1. The number of anilines is 4. The lowest BCUT2D eigenvalue weighted by Gasteiger charge is -2.15. The first-order valence-electron chi connectivity index (χ1n) is 11.3. The van der Waals surface area contributed by atoms with Crippen molar-refractivity contribution >= 4 is 34.9 Å². The fourth-order valence-electron chi connectivity index (χ4n) is 3.59. The Morgan fingerprint density at radius 2 is 1.43 bits per heavy atom. The highest BCUT2D eigenvalue weighted by Crippen LogP contribution is 2.40. The maximum atomic E-state index is 13.1. The minimum absolute atomic E-state index is 0.151. The molecule has 4 aromatic rings. The van der Waals surface area contributed by atoms with Gasteiger partial charge < -0.3 is 30.0 Å². The van der Waals surface area contributed by atoms with Crippen molar-refractivity contribution in [3.8, 4) is 23.0 Å². The lowest BCUT2D eigenvalue weighted by molar-refractivity contribution is 0.104. The van der Waals surface area contributed by atoms with Crippen LogP contribution in [0.5, 0.6) is 23.0 Å². The van der Waals surface area contributed by atoms with Gasteiger partial charge in [0.15, 0.2) is 17.3 Å². The molecular weight excluding hydrogens is 472 g/mol. The van der Waals surface area contributed by atoms with E-state index in [1.807, 2.05) is 6.07 Å². The van der Waals surface area contributed by atoms with Crippen LogP contribution in [-0.2, 0) is 0 Å². The molecule has 0 unspecified atom stereocenters. The molecule has 0 amide bonds. The average molecular weight is 499 g/mol. The smallest absolute Gasteiger partial charge is 0.203 e. The molecule has 0 saturated carbocycles. The van der Waals surface area contributed by atoms with E-state index in [-0.39, 0.29) is 11.5 Å². The lowest BCUT2D eigenvalue weighted by Crippen LogP contribution is -2.03. The summed E-state index contributed by atoms with van der Waals surface area (Å²) in [5, 5.41) is 15.9. The molecule has 9 nitrogen and oxygen atoms in total. The second kappa shape index (κ2) is 11.6. The van der Waals surface area contributed by atoms with Crippen molar-refractivity contribution in [1.82, 2.24) is 9.97 Å². The van der Waals surface area contributed by atoms with E-state index in [9.17, 15) is 9.90 Å². The Morgan fingerprint density at radius 1 is 0.811 bits per heavy atom. The number of hydrogen-bond donors (Lipinski definition) is 3. The molecule has 37 heavy (non-hydrogen) atoms. The van der Waals surface area contributed by atoms with Crippen molar-refractivity contribution in [3.63, 3.8) is 0 Å². The Kier molecular flexibility index (Phi) is 7.85. The highest BCUT2D eigenvalue weighted by Gasteiger charge is 2.15. The molecule has 0 aliphatic carbocycles. The third kappa shape index (κ3) is 5.96. The molecule has 3 N–H and O–H groups in total. The molecule has 2 heterocycles. The van der Waals surface area contributed by atoms with Crippen molar-refractivity contribution in [3.05, 3.63) is 90.3 Å². The van der Waals surface area contributed by atoms with E-state index >= 15 is 0 Å². The van der Waals surface area contributed by atoms with Gasteiger partial charge in [-0.25, -0.2) is 9.97 Å². The predicted octanol–water partition coefficient (Wildman–Crippen LogP) is 5.59. The largest absolute Gasteiger partial charge is 0.508 e. The number of aromatic hydroxyl groups is 1. The third-order valence-electron chi connectivity index (χ3n) is 5.38. The van der Waals surface area contributed by atoms with Crippen LogP contribution in [0.2, 0.25) is 0 Å². The number of allylic oxidation sites excluding steroid dienone is 1. The maximum absolute atomic E-state index is 13.1. The number of pyridine rings is 2. The second-order valence-electron chi connectivity index (χ2n) is 7.75. The van der Waals surface area contributed by atoms with Gasteiger partial charge in [-0.2, -0.15) is 0 Å². The fraction of sp³-hybridized carbons (Fsp3) is 0.107. The van der Waals surface area contributed by atoms with E-state index in [1.165, 1.54) is 6.08 Å². The van der Waals surface area contributed by atoms with Crippen LogP contribution in [0.15, 0.2) is 79.1 Å². The zero-order valence-corrected chi connectivity index (χ0v) is 20.6. The van der Waals surface area contributed by atoms with Crippen LogP contribution in [0.3, 0.4) is 0 Å².